The molecule has 0 bridgehead atoms. The zero-order valence-electron chi connectivity index (χ0n) is 11.0. The van der Waals surface area contributed by atoms with Crippen molar-refractivity contribution in [2.75, 3.05) is 11.9 Å². The van der Waals surface area contributed by atoms with E-state index >= 15 is 0 Å². The Morgan fingerprint density at radius 2 is 1.90 bits per heavy atom. The summed E-state index contributed by atoms with van der Waals surface area (Å²) >= 11 is 3.48. The van der Waals surface area contributed by atoms with Gasteiger partial charge in [-0.15, -0.1) is 0 Å². The summed E-state index contributed by atoms with van der Waals surface area (Å²) in [6.07, 6.45) is -0.636. The van der Waals surface area contributed by atoms with Crippen LogP contribution in [0.15, 0.2) is 46.9 Å². The van der Waals surface area contributed by atoms with Crippen LogP contribution < -0.4 is 5.32 Å². The van der Waals surface area contributed by atoms with E-state index < -0.39 is 6.23 Å². The van der Waals surface area contributed by atoms with E-state index in [2.05, 4.69) is 21.2 Å². The number of rotatable bonds is 2. The fraction of sp³-hybridized carbons (Fsp3) is 0.188. The molecule has 0 saturated heterocycles. The molecule has 0 amide bonds. The summed E-state index contributed by atoms with van der Waals surface area (Å²) in [6, 6.07) is 13.6. The van der Waals surface area contributed by atoms with Crippen LogP contribution in [0.5, 0.6) is 0 Å². The number of nitrogens with one attached hydrogen (secondary N) is 1. The summed E-state index contributed by atoms with van der Waals surface area (Å²) in [5, 5.41) is 3.19. The molecule has 1 N–H and O–H groups in total. The molecule has 0 aliphatic carbocycles. The number of hydrogen-bond donors (Lipinski definition) is 1. The highest BCUT2D eigenvalue weighted by atomic mass is 79.9. The zero-order valence-corrected chi connectivity index (χ0v) is 12.6. The van der Waals surface area contributed by atoms with Gasteiger partial charge in [0.1, 0.15) is 0 Å². The lowest BCUT2D eigenvalue weighted by molar-refractivity contribution is 0.0552. The summed E-state index contributed by atoms with van der Waals surface area (Å²) in [7, 11) is 0. The van der Waals surface area contributed by atoms with Crippen molar-refractivity contribution in [1.82, 2.24) is 0 Å². The molecule has 0 spiro atoms. The van der Waals surface area contributed by atoms with Crippen LogP contribution in [0.4, 0.5) is 5.69 Å². The van der Waals surface area contributed by atoms with Crippen LogP contribution in [0.3, 0.4) is 0 Å². The Labute approximate surface area is 126 Å². The first-order valence-electron chi connectivity index (χ1n) is 6.52. The highest BCUT2D eigenvalue weighted by molar-refractivity contribution is 9.10. The van der Waals surface area contributed by atoms with E-state index in [9.17, 15) is 4.79 Å². The number of hydrogen-bond acceptors (Lipinski definition) is 3. The van der Waals surface area contributed by atoms with Gasteiger partial charge in [0.05, 0.1) is 0 Å². The van der Waals surface area contributed by atoms with E-state index in [0.717, 1.165) is 21.3 Å². The number of halogens is 1. The van der Waals surface area contributed by atoms with Crippen molar-refractivity contribution in [2.45, 2.75) is 13.2 Å². The maximum atomic E-state index is 12.6. The van der Waals surface area contributed by atoms with Crippen LogP contribution >= 0.6 is 15.9 Å². The molecule has 0 radical (unpaired) electrons. The third kappa shape index (κ3) is 2.25. The van der Waals surface area contributed by atoms with Crippen molar-refractivity contribution in [3.63, 3.8) is 0 Å². The average molecular weight is 332 g/mol. The fourth-order valence-electron chi connectivity index (χ4n) is 2.43. The third-order valence-electron chi connectivity index (χ3n) is 3.32. The van der Waals surface area contributed by atoms with E-state index in [1.807, 2.05) is 49.4 Å². The minimum Gasteiger partial charge on any atom is -0.353 e. The molecule has 1 heterocycles. The molecule has 1 atom stereocenters. The number of benzene rings is 2. The number of ketones is 1. The van der Waals surface area contributed by atoms with E-state index in [1.165, 1.54) is 0 Å². The van der Waals surface area contributed by atoms with Gasteiger partial charge in [-0.25, -0.2) is 0 Å². The first kappa shape index (κ1) is 13.3. The quantitative estimate of drug-likeness (QED) is 0.900. The molecule has 3 rings (SSSR count). The standard InChI is InChI=1S/C16H14BrNO2/c1-2-20-16-15(19)12-6-4-3-5-11(12)13-9-10(17)7-8-14(13)18-16/h3-9,16,18H,2H2,1H3/t16-/m1/s1. The van der Waals surface area contributed by atoms with E-state index in [1.54, 1.807) is 0 Å². The average Bonchev–Trinajstić information content (AvgIpc) is 2.57. The Bertz CT molecular complexity index is 669. The smallest absolute Gasteiger partial charge is 0.212 e. The van der Waals surface area contributed by atoms with Gasteiger partial charge in [-0.3, -0.25) is 4.79 Å². The van der Waals surface area contributed by atoms with Gasteiger partial charge in [-0.1, -0.05) is 40.2 Å². The molecule has 3 nitrogen and oxygen atoms in total. The normalized spacial score (nSPS) is 16.9. The summed E-state index contributed by atoms with van der Waals surface area (Å²) in [4.78, 5) is 12.6. The Morgan fingerprint density at radius 1 is 1.15 bits per heavy atom. The summed E-state index contributed by atoms with van der Waals surface area (Å²) in [5.74, 6) is -0.0326. The summed E-state index contributed by atoms with van der Waals surface area (Å²) in [5.41, 5.74) is 3.54. The molecular formula is C16H14BrNO2. The molecule has 20 heavy (non-hydrogen) atoms. The maximum absolute atomic E-state index is 12.6. The number of carbonyl (C=O) groups excluding carboxylic acids is 1. The Balaban J connectivity index is 2.23. The molecule has 1 aliphatic heterocycles. The highest BCUT2D eigenvalue weighted by Gasteiger charge is 2.28. The molecular weight excluding hydrogens is 318 g/mol. The monoisotopic (exact) mass is 331 g/mol. The predicted octanol–water partition coefficient (Wildman–Crippen LogP) is 4.09. The lowest BCUT2D eigenvalue weighted by Crippen LogP contribution is -2.31. The first-order chi connectivity index (χ1) is 9.70. The van der Waals surface area contributed by atoms with Crippen molar-refractivity contribution in [3.8, 4) is 11.1 Å². The van der Waals surface area contributed by atoms with Crippen molar-refractivity contribution in [1.29, 1.82) is 0 Å². The maximum Gasteiger partial charge on any atom is 0.212 e. The minimum atomic E-state index is -0.636. The van der Waals surface area contributed by atoms with Gasteiger partial charge in [0.25, 0.3) is 0 Å². The van der Waals surface area contributed by atoms with Gasteiger partial charge in [0.2, 0.25) is 5.78 Å². The van der Waals surface area contributed by atoms with Gasteiger partial charge in [0, 0.05) is 27.9 Å². The molecule has 4 heteroatoms. The minimum absolute atomic E-state index is 0.0326. The van der Waals surface area contributed by atoms with Crippen LogP contribution in [-0.4, -0.2) is 18.6 Å². The lowest BCUT2D eigenvalue weighted by atomic mass is 9.97. The zero-order chi connectivity index (χ0) is 14.1. The lowest BCUT2D eigenvalue weighted by Gasteiger charge is -2.16. The number of carbonyl (C=O) groups is 1. The second-order valence-electron chi connectivity index (χ2n) is 4.58. The molecule has 1 aliphatic rings. The van der Waals surface area contributed by atoms with Gasteiger partial charge in [0.15, 0.2) is 6.23 Å². The van der Waals surface area contributed by atoms with Crippen molar-refractivity contribution in [2.24, 2.45) is 0 Å². The van der Waals surface area contributed by atoms with E-state index in [4.69, 9.17) is 4.74 Å². The SMILES string of the molecule is CCO[C@H]1Nc2ccc(Br)cc2-c2ccccc2C1=O. The summed E-state index contributed by atoms with van der Waals surface area (Å²) < 4.78 is 6.53. The Kier molecular flexibility index (Phi) is 3.59. The van der Waals surface area contributed by atoms with Gasteiger partial charge < -0.3 is 10.1 Å². The Hall–Kier alpha value is -1.65. The van der Waals surface area contributed by atoms with Crippen LogP contribution in [0, 0.1) is 0 Å². The van der Waals surface area contributed by atoms with Crippen molar-refractivity contribution in [3.05, 3.63) is 52.5 Å². The number of anilines is 1. The first-order valence-corrected chi connectivity index (χ1v) is 7.31. The van der Waals surface area contributed by atoms with Gasteiger partial charge in [-0.05, 0) is 30.7 Å². The molecule has 0 aromatic heterocycles. The second kappa shape index (κ2) is 5.38. The molecule has 2 aromatic carbocycles. The fourth-order valence-corrected chi connectivity index (χ4v) is 2.79. The van der Waals surface area contributed by atoms with Gasteiger partial charge in [-0.2, -0.15) is 0 Å². The van der Waals surface area contributed by atoms with Gasteiger partial charge >= 0.3 is 0 Å². The number of Topliss-reactive ketones (excluding diaryl/α,β-unsaturated/α-hetero) is 1. The molecule has 0 saturated carbocycles. The van der Waals surface area contributed by atoms with Crippen molar-refractivity contribution >= 4 is 27.4 Å². The second-order valence-corrected chi connectivity index (χ2v) is 5.50. The molecule has 102 valence electrons. The molecule has 2 aromatic rings. The highest BCUT2D eigenvalue weighted by Crippen LogP contribution is 2.36. The van der Waals surface area contributed by atoms with Crippen LogP contribution in [0.1, 0.15) is 17.3 Å². The van der Waals surface area contributed by atoms with Crippen LogP contribution in [-0.2, 0) is 4.74 Å². The Morgan fingerprint density at radius 3 is 2.65 bits per heavy atom. The number of fused-ring (bicyclic) bond motifs is 3. The predicted molar refractivity (Wildman–Crippen MR) is 82.9 cm³/mol. The topological polar surface area (TPSA) is 38.3 Å². The number of ether oxygens (including phenoxy) is 1. The molecule has 0 unspecified atom stereocenters. The third-order valence-corrected chi connectivity index (χ3v) is 3.82. The largest absolute Gasteiger partial charge is 0.353 e. The van der Waals surface area contributed by atoms with Crippen LogP contribution in [0.2, 0.25) is 0 Å². The summed E-state index contributed by atoms with van der Waals surface area (Å²) in [6.45, 7) is 2.37. The van der Waals surface area contributed by atoms with E-state index in [0.29, 0.717) is 12.2 Å². The van der Waals surface area contributed by atoms with E-state index in [-0.39, 0.29) is 5.78 Å². The van der Waals surface area contributed by atoms with Crippen LogP contribution in [0.25, 0.3) is 11.1 Å². The van der Waals surface area contributed by atoms with Crippen molar-refractivity contribution < 1.29 is 9.53 Å². The molecule has 0 fully saturated rings.